The zero-order chi connectivity index (χ0) is 12.5. The van der Waals surface area contributed by atoms with Gasteiger partial charge in [-0.05, 0) is 25.3 Å². The van der Waals surface area contributed by atoms with Crippen LogP contribution in [-0.4, -0.2) is 24.8 Å². The molecule has 0 aromatic heterocycles. The van der Waals surface area contributed by atoms with Crippen molar-refractivity contribution in [3.8, 4) is 0 Å². The van der Waals surface area contributed by atoms with Crippen molar-refractivity contribution in [2.45, 2.75) is 31.0 Å². The monoisotopic (exact) mass is 298 g/mol. The number of hydrogen-bond donors (Lipinski definition) is 0. The molecule has 2 aliphatic heterocycles. The van der Waals surface area contributed by atoms with Crippen LogP contribution in [0, 0.1) is 0 Å². The minimum atomic E-state index is -0.461. The van der Waals surface area contributed by atoms with Gasteiger partial charge in [0, 0.05) is 4.48 Å². The van der Waals surface area contributed by atoms with Crippen LogP contribution in [0.1, 0.15) is 19.3 Å². The molecule has 0 saturated carbocycles. The summed E-state index contributed by atoms with van der Waals surface area (Å²) in [5.74, 6) is -0.322. The maximum atomic E-state index is 11.6. The van der Waals surface area contributed by atoms with Gasteiger partial charge in [0.2, 0.25) is 0 Å². The van der Waals surface area contributed by atoms with Crippen LogP contribution in [0.3, 0.4) is 0 Å². The molecule has 0 unspecified atom stereocenters. The van der Waals surface area contributed by atoms with Crippen LogP contribution in [0.5, 0.6) is 0 Å². The highest BCUT2D eigenvalue weighted by Crippen LogP contribution is 2.48. The Labute approximate surface area is 109 Å². The summed E-state index contributed by atoms with van der Waals surface area (Å²) in [6.45, 7) is 3.70. The van der Waals surface area contributed by atoms with Crippen molar-refractivity contribution in [1.82, 2.24) is 0 Å². The lowest BCUT2D eigenvalue weighted by Gasteiger charge is -2.23. The summed E-state index contributed by atoms with van der Waals surface area (Å²) in [7, 11) is 1.38. The van der Waals surface area contributed by atoms with E-state index in [0.717, 1.165) is 23.7 Å². The minimum absolute atomic E-state index is 0.263. The summed E-state index contributed by atoms with van der Waals surface area (Å²) < 4.78 is 11.5. The van der Waals surface area contributed by atoms with Gasteiger partial charge >= 0.3 is 5.97 Å². The summed E-state index contributed by atoms with van der Waals surface area (Å²) in [5, 5.41) is 0. The first-order chi connectivity index (χ1) is 8.14. The Bertz CT molecular complexity index is 411. The van der Waals surface area contributed by atoms with Gasteiger partial charge in [-0.15, -0.1) is 6.58 Å². The van der Waals surface area contributed by atoms with Crippen molar-refractivity contribution in [3.63, 3.8) is 0 Å². The molecule has 0 aromatic carbocycles. The van der Waals surface area contributed by atoms with Gasteiger partial charge in [-0.25, -0.2) is 4.79 Å². The maximum Gasteiger partial charge on any atom is 0.337 e. The number of halogens is 1. The fourth-order valence-corrected chi connectivity index (χ4v) is 3.07. The first kappa shape index (κ1) is 12.6. The second kappa shape index (κ2) is 4.78. The van der Waals surface area contributed by atoms with E-state index in [4.69, 9.17) is 9.47 Å². The third-order valence-electron chi connectivity index (χ3n) is 3.13. The van der Waals surface area contributed by atoms with Gasteiger partial charge in [-0.2, -0.15) is 0 Å². The van der Waals surface area contributed by atoms with E-state index in [-0.39, 0.29) is 12.1 Å². The average Bonchev–Trinajstić information content (AvgIpc) is 2.85. The fourth-order valence-electron chi connectivity index (χ4n) is 2.26. The van der Waals surface area contributed by atoms with Gasteiger partial charge in [0.15, 0.2) is 0 Å². The van der Waals surface area contributed by atoms with Gasteiger partial charge in [0.25, 0.3) is 0 Å². The van der Waals surface area contributed by atoms with Crippen molar-refractivity contribution in [2.24, 2.45) is 0 Å². The Hall–Kier alpha value is -0.870. The normalized spacial score (nSPS) is 29.9. The number of methoxy groups -OCH3 is 1. The van der Waals surface area contributed by atoms with Gasteiger partial charge in [0.1, 0.15) is 11.7 Å². The van der Waals surface area contributed by atoms with Crippen molar-refractivity contribution in [2.75, 3.05) is 7.11 Å². The molecule has 2 bridgehead atoms. The highest BCUT2D eigenvalue weighted by atomic mass is 79.9. The molecular weight excluding hydrogens is 284 g/mol. The van der Waals surface area contributed by atoms with Crippen LogP contribution in [-0.2, 0) is 14.3 Å². The third kappa shape index (κ3) is 2.00. The second-order valence-electron chi connectivity index (χ2n) is 4.19. The lowest BCUT2D eigenvalue weighted by molar-refractivity contribution is -0.136. The molecule has 0 saturated heterocycles. The SMILES string of the molecule is C=CCCC[C@@]12C=C[C@@H](O1)C(C(=O)OC)=C2Br. The summed E-state index contributed by atoms with van der Waals surface area (Å²) in [6.07, 6.45) is 8.33. The molecule has 2 aliphatic rings. The number of ether oxygens (including phenoxy) is 2. The Morgan fingerprint density at radius 1 is 1.76 bits per heavy atom. The first-order valence-electron chi connectivity index (χ1n) is 5.61. The Kier molecular flexibility index (Phi) is 3.54. The third-order valence-corrected chi connectivity index (χ3v) is 4.23. The minimum Gasteiger partial charge on any atom is -0.466 e. The number of fused-ring (bicyclic) bond motifs is 2. The molecule has 0 radical (unpaired) electrons. The van der Waals surface area contributed by atoms with E-state index >= 15 is 0 Å². The van der Waals surface area contributed by atoms with Crippen LogP contribution in [0.15, 0.2) is 34.9 Å². The smallest absolute Gasteiger partial charge is 0.337 e. The molecule has 3 nitrogen and oxygen atoms in total. The molecule has 0 fully saturated rings. The number of esters is 1. The standard InChI is InChI=1S/C13H15BrO3/c1-3-4-5-7-13-8-6-9(17-13)10(11(13)14)12(15)16-2/h3,6,8-9H,1,4-5,7H2,2H3/t9-,13+/m1/s1. The van der Waals surface area contributed by atoms with Gasteiger partial charge in [0.05, 0.1) is 12.7 Å². The van der Waals surface area contributed by atoms with Crippen molar-refractivity contribution >= 4 is 21.9 Å². The zero-order valence-corrected chi connectivity index (χ0v) is 11.3. The zero-order valence-electron chi connectivity index (χ0n) is 9.74. The molecule has 0 N–H and O–H groups in total. The second-order valence-corrected chi connectivity index (χ2v) is 4.98. The summed E-state index contributed by atoms with van der Waals surface area (Å²) in [4.78, 5) is 11.6. The predicted molar refractivity (Wildman–Crippen MR) is 68.8 cm³/mol. The average molecular weight is 299 g/mol. The number of rotatable bonds is 5. The molecule has 92 valence electrons. The highest BCUT2D eigenvalue weighted by Gasteiger charge is 2.49. The van der Waals surface area contributed by atoms with Crippen LogP contribution in [0.4, 0.5) is 0 Å². The molecule has 4 heteroatoms. The number of unbranched alkanes of at least 4 members (excludes halogenated alkanes) is 1. The van der Waals surface area contributed by atoms with Gasteiger partial charge in [-0.3, -0.25) is 0 Å². The quantitative estimate of drug-likeness (QED) is 0.445. The van der Waals surface area contributed by atoms with Crippen LogP contribution < -0.4 is 0 Å². The van der Waals surface area contributed by atoms with E-state index in [1.165, 1.54) is 7.11 Å². The van der Waals surface area contributed by atoms with E-state index in [1.54, 1.807) is 0 Å². The Morgan fingerprint density at radius 2 is 2.53 bits per heavy atom. The summed E-state index contributed by atoms with van der Waals surface area (Å²) in [6, 6.07) is 0. The highest BCUT2D eigenvalue weighted by molar-refractivity contribution is 9.11. The van der Waals surface area contributed by atoms with E-state index in [1.807, 2.05) is 18.2 Å². The van der Waals surface area contributed by atoms with E-state index < -0.39 is 5.60 Å². The van der Waals surface area contributed by atoms with Crippen molar-refractivity contribution in [3.05, 3.63) is 34.9 Å². The summed E-state index contributed by atoms with van der Waals surface area (Å²) in [5.41, 5.74) is 0.130. The molecule has 17 heavy (non-hydrogen) atoms. The fraction of sp³-hybridized carbons (Fsp3) is 0.462. The largest absolute Gasteiger partial charge is 0.466 e. The van der Waals surface area contributed by atoms with Crippen molar-refractivity contribution < 1.29 is 14.3 Å². The molecule has 0 aliphatic carbocycles. The molecule has 2 heterocycles. The number of carbonyl (C=O) groups is 1. The molecule has 0 spiro atoms. The number of carbonyl (C=O) groups excluding carboxylic acids is 1. The van der Waals surface area contributed by atoms with E-state index in [0.29, 0.717) is 5.57 Å². The van der Waals surface area contributed by atoms with Gasteiger partial charge in [-0.1, -0.05) is 28.1 Å². The van der Waals surface area contributed by atoms with E-state index in [2.05, 4.69) is 22.5 Å². The van der Waals surface area contributed by atoms with Crippen LogP contribution in [0.25, 0.3) is 0 Å². The molecular formula is C13H15BrO3. The molecule has 2 rings (SSSR count). The number of hydrogen-bond acceptors (Lipinski definition) is 3. The number of allylic oxidation sites excluding steroid dienone is 1. The topological polar surface area (TPSA) is 35.5 Å². The molecule has 0 amide bonds. The lowest BCUT2D eigenvalue weighted by atomic mass is 9.91. The first-order valence-corrected chi connectivity index (χ1v) is 6.40. The Morgan fingerprint density at radius 3 is 3.18 bits per heavy atom. The molecule has 2 atom stereocenters. The lowest BCUT2D eigenvalue weighted by Crippen LogP contribution is -2.24. The molecule has 0 aromatic rings. The van der Waals surface area contributed by atoms with Crippen molar-refractivity contribution in [1.29, 1.82) is 0 Å². The van der Waals surface area contributed by atoms with Gasteiger partial charge < -0.3 is 9.47 Å². The van der Waals surface area contributed by atoms with Crippen LogP contribution in [0.2, 0.25) is 0 Å². The van der Waals surface area contributed by atoms with Crippen LogP contribution >= 0.6 is 15.9 Å². The summed E-state index contributed by atoms with van der Waals surface area (Å²) >= 11 is 3.49. The maximum absolute atomic E-state index is 11.6. The van der Waals surface area contributed by atoms with E-state index in [9.17, 15) is 4.79 Å². The predicted octanol–water partition coefficient (Wildman–Crippen LogP) is 2.87. The Balaban J connectivity index is 2.19.